The third-order valence-corrected chi connectivity index (χ3v) is 4.59. The first-order chi connectivity index (χ1) is 10.1. The van der Waals surface area contributed by atoms with E-state index < -0.39 is 0 Å². The Morgan fingerprint density at radius 3 is 2.52 bits per heavy atom. The van der Waals surface area contributed by atoms with Crippen molar-refractivity contribution in [2.75, 3.05) is 14.1 Å². The van der Waals surface area contributed by atoms with Crippen LogP contribution in [0.5, 0.6) is 0 Å². The molecule has 0 heterocycles. The van der Waals surface area contributed by atoms with Gasteiger partial charge >= 0.3 is 0 Å². The molecule has 2 N–H and O–H groups in total. The second-order valence-corrected chi connectivity index (χ2v) is 6.58. The minimum atomic E-state index is 0.229. The van der Waals surface area contributed by atoms with Crippen molar-refractivity contribution in [2.24, 2.45) is 0 Å². The highest BCUT2D eigenvalue weighted by molar-refractivity contribution is 7.80. The van der Waals surface area contributed by atoms with E-state index in [1.807, 2.05) is 6.07 Å². The van der Waals surface area contributed by atoms with Crippen LogP contribution >= 0.6 is 12.2 Å². The number of nitrogens with one attached hydrogen (secondary N) is 2. The van der Waals surface area contributed by atoms with Gasteiger partial charge < -0.3 is 15.5 Å². The van der Waals surface area contributed by atoms with Gasteiger partial charge in [-0.3, -0.25) is 0 Å². The van der Waals surface area contributed by atoms with E-state index >= 15 is 0 Å². The lowest BCUT2D eigenvalue weighted by molar-refractivity contribution is 0.189. The molecular weight excluding hydrogens is 278 g/mol. The molecule has 3 atom stereocenters. The number of hydrogen-bond acceptors (Lipinski definition) is 2. The van der Waals surface area contributed by atoms with Crippen LogP contribution in [0.15, 0.2) is 30.3 Å². The summed E-state index contributed by atoms with van der Waals surface area (Å²) in [7, 11) is 4.32. The summed E-state index contributed by atoms with van der Waals surface area (Å²) in [4.78, 5) is 2.32. The Kier molecular flexibility index (Phi) is 6.00. The van der Waals surface area contributed by atoms with Crippen molar-refractivity contribution in [1.29, 1.82) is 0 Å². The first-order valence-corrected chi connectivity index (χ1v) is 8.27. The van der Waals surface area contributed by atoms with Gasteiger partial charge in [0.2, 0.25) is 0 Å². The highest BCUT2D eigenvalue weighted by Crippen LogP contribution is 2.21. The molecular formula is C17H27N3S. The molecule has 1 saturated carbocycles. The Bertz CT molecular complexity index is 447. The zero-order valence-electron chi connectivity index (χ0n) is 13.3. The van der Waals surface area contributed by atoms with Crippen molar-refractivity contribution in [3.63, 3.8) is 0 Å². The quantitative estimate of drug-likeness (QED) is 0.836. The van der Waals surface area contributed by atoms with Crippen molar-refractivity contribution in [2.45, 2.75) is 50.7 Å². The lowest BCUT2D eigenvalue weighted by Gasteiger charge is -2.37. The average Bonchev–Trinajstić information content (AvgIpc) is 2.48. The topological polar surface area (TPSA) is 27.3 Å². The molecule has 0 saturated heterocycles. The van der Waals surface area contributed by atoms with E-state index in [0.29, 0.717) is 12.1 Å². The van der Waals surface area contributed by atoms with Gasteiger partial charge in [0.05, 0.1) is 6.04 Å². The lowest BCUT2D eigenvalue weighted by atomic mass is 9.89. The Labute approximate surface area is 134 Å². The number of nitrogens with zero attached hydrogens (tertiary/aromatic N) is 1. The molecule has 3 nitrogen and oxygen atoms in total. The van der Waals surface area contributed by atoms with Gasteiger partial charge in [-0.2, -0.15) is 0 Å². The zero-order valence-corrected chi connectivity index (χ0v) is 14.1. The Hall–Kier alpha value is -1.13. The van der Waals surface area contributed by atoms with Gasteiger partial charge in [0.15, 0.2) is 5.11 Å². The monoisotopic (exact) mass is 305 g/mol. The summed E-state index contributed by atoms with van der Waals surface area (Å²) in [6, 6.07) is 11.7. The molecule has 1 aliphatic carbocycles. The van der Waals surface area contributed by atoms with Crippen LogP contribution < -0.4 is 10.6 Å². The highest BCUT2D eigenvalue weighted by Gasteiger charge is 2.27. The summed E-state index contributed by atoms with van der Waals surface area (Å²) < 4.78 is 0. The maximum Gasteiger partial charge on any atom is 0.167 e. The van der Waals surface area contributed by atoms with Crippen LogP contribution in [0.2, 0.25) is 0 Å². The first-order valence-electron chi connectivity index (χ1n) is 7.86. The molecule has 0 amide bonds. The van der Waals surface area contributed by atoms with E-state index in [-0.39, 0.29) is 6.04 Å². The van der Waals surface area contributed by atoms with Crippen LogP contribution in [0, 0.1) is 0 Å². The standard InChI is InChI=1S/C17H27N3S/c1-13(14-9-5-4-6-10-14)18-17(21)19-15-11-7-8-12-16(15)20(2)3/h4-6,9-10,13,15-16H,7-8,11-12H2,1-3H3,(H2,18,19,21)/t13-,15+,16+/m0/s1. The molecule has 1 aromatic carbocycles. The molecule has 1 fully saturated rings. The molecule has 0 unspecified atom stereocenters. The van der Waals surface area contributed by atoms with Crippen LogP contribution in [0.3, 0.4) is 0 Å². The third-order valence-electron chi connectivity index (χ3n) is 4.36. The normalized spacial score (nSPS) is 23.6. The third kappa shape index (κ3) is 4.68. The number of thiocarbonyl (C=S) groups is 1. The van der Waals surface area contributed by atoms with Gasteiger partial charge in [0, 0.05) is 12.1 Å². The van der Waals surface area contributed by atoms with Crippen LogP contribution in [-0.2, 0) is 0 Å². The van der Waals surface area contributed by atoms with Crippen molar-refractivity contribution in [3.05, 3.63) is 35.9 Å². The van der Waals surface area contributed by atoms with Gasteiger partial charge in [-0.15, -0.1) is 0 Å². The minimum Gasteiger partial charge on any atom is -0.358 e. The fourth-order valence-corrected chi connectivity index (χ4v) is 3.46. The van der Waals surface area contributed by atoms with Crippen LogP contribution in [0.25, 0.3) is 0 Å². The number of rotatable bonds is 4. The molecule has 0 spiro atoms. The van der Waals surface area contributed by atoms with E-state index in [2.05, 4.69) is 60.8 Å². The fourth-order valence-electron chi connectivity index (χ4n) is 3.13. The Balaban J connectivity index is 1.88. The Morgan fingerprint density at radius 1 is 1.19 bits per heavy atom. The molecule has 0 bridgehead atoms. The molecule has 2 rings (SSSR count). The largest absolute Gasteiger partial charge is 0.358 e. The maximum atomic E-state index is 5.51. The van der Waals surface area contributed by atoms with E-state index in [0.717, 1.165) is 5.11 Å². The van der Waals surface area contributed by atoms with Gasteiger partial charge in [0.25, 0.3) is 0 Å². The summed E-state index contributed by atoms with van der Waals surface area (Å²) in [5.74, 6) is 0. The number of benzene rings is 1. The highest BCUT2D eigenvalue weighted by atomic mass is 32.1. The zero-order chi connectivity index (χ0) is 15.2. The molecule has 1 aromatic rings. The molecule has 21 heavy (non-hydrogen) atoms. The first kappa shape index (κ1) is 16.2. The maximum absolute atomic E-state index is 5.51. The average molecular weight is 305 g/mol. The summed E-state index contributed by atoms with van der Waals surface area (Å²) in [6.45, 7) is 2.15. The lowest BCUT2D eigenvalue weighted by Crippen LogP contribution is -2.53. The van der Waals surface area contributed by atoms with E-state index in [1.54, 1.807) is 0 Å². The van der Waals surface area contributed by atoms with E-state index in [1.165, 1.54) is 31.2 Å². The van der Waals surface area contributed by atoms with Crippen molar-refractivity contribution in [1.82, 2.24) is 15.5 Å². The van der Waals surface area contributed by atoms with E-state index in [4.69, 9.17) is 12.2 Å². The molecule has 116 valence electrons. The minimum absolute atomic E-state index is 0.229. The second-order valence-electron chi connectivity index (χ2n) is 6.17. The summed E-state index contributed by atoms with van der Waals surface area (Å²) in [5.41, 5.74) is 1.26. The number of hydrogen-bond donors (Lipinski definition) is 2. The second kappa shape index (κ2) is 7.76. The SMILES string of the molecule is C[C@H](NC(=S)N[C@@H]1CCCC[C@H]1N(C)C)c1ccccc1. The van der Waals surface area contributed by atoms with Crippen LogP contribution in [0.1, 0.15) is 44.2 Å². The van der Waals surface area contributed by atoms with Gasteiger partial charge in [-0.05, 0) is 51.6 Å². The van der Waals surface area contributed by atoms with Gasteiger partial charge in [-0.1, -0.05) is 43.2 Å². The molecule has 1 aliphatic rings. The summed E-state index contributed by atoms with van der Waals surface area (Å²) >= 11 is 5.51. The summed E-state index contributed by atoms with van der Waals surface area (Å²) in [6.07, 6.45) is 5.06. The van der Waals surface area contributed by atoms with Crippen LogP contribution in [-0.4, -0.2) is 36.2 Å². The number of likely N-dealkylation sites (N-methyl/N-ethyl adjacent to an activating group) is 1. The molecule has 0 aromatic heterocycles. The van der Waals surface area contributed by atoms with Crippen molar-refractivity contribution in [3.8, 4) is 0 Å². The van der Waals surface area contributed by atoms with Gasteiger partial charge in [-0.25, -0.2) is 0 Å². The molecule has 0 radical (unpaired) electrons. The molecule has 4 heteroatoms. The summed E-state index contributed by atoms with van der Waals surface area (Å²) in [5, 5.41) is 7.70. The fraction of sp³-hybridized carbons (Fsp3) is 0.588. The smallest absolute Gasteiger partial charge is 0.167 e. The van der Waals surface area contributed by atoms with Gasteiger partial charge in [0.1, 0.15) is 0 Å². The van der Waals surface area contributed by atoms with Crippen molar-refractivity contribution < 1.29 is 0 Å². The Morgan fingerprint density at radius 2 is 1.86 bits per heavy atom. The molecule has 0 aliphatic heterocycles. The predicted molar refractivity (Wildman–Crippen MR) is 93.5 cm³/mol. The predicted octanol–water partition coefficient (Wildman–Crippen LogP) is 3.08. The van der Waals surface area contributed by atoms with Crippen molar-refractivity contribution >= 4 is 17.3 Å². The van der Waals surface area contributed by atoms with E-state index in [9.17, 15) is 0 Å². The van der Waals surface area contributed by atoms with Crippen LogP contribution in [0.4, 0.5) is 0 Å².